The van der Waals surface area contributed by atoms with Crippen LogP contribution in [0.2, 0.25) is 0 Å². The third-order valence-electron chi connectivity index (χ3n) is 2.56. The maximum absolute atomic E-state index is 11.9. The molecule has 0 spiro atoms. The molecule has 0 unspecified atom stereocenters. The van der Waals surface area contributed by atoms with Crippen molar-refractivity contribution >= 4 is 17.4 Å². The van der Waals surface area contributed by atoms with E-state index >= 15 is 0 Å². The first-order valence-corrected chi connectivity index (χ1v) is 5.59. The summed E-state index contributed by atoms with van der Waals surface area (Å²) in [6, 6.07) is 5.18. The third kappa shape index (κ3) is 2.91. The van der Waals surface area contributed by atoms with Crippen LogP contribution < -0.4 is 0 Å². The number of hydrogen-bond acceptors (Lipinski definition) is 4. The Bertz CT molecular complexity index is 481. The van der Waals surface area contributed by atoms with Crippen molar-refractivity contribution in [2.45, 2.75) is 13.8 Å². The van der Waals surface area contributed by atoms with E-state index in [4.69, 9.17) is 0 Å². The number of carbonyl (C=O) groups excluding carboxylic acids is 2. The van der Waals surface area contributed by atoms with Crippen molar-refractivity contribution in [1.82, 2.24) is 4.90 Å². The molecule has 0 bridgehead atoms. The van der Waals surface area contributed by atoms with Crippen LogP contribution in [0, 0.1) is 10.1 Å². The van der Waals surface area contributed by atoms with Crippen molar-refractivity contribution in [3.8, 4) is 0 Å². The average molecular weight is 250 g/mol. The lowest BCUT2D eigenvalue weighted by molar-refractivity contribution is -0.384. The van der Waals surface area contributed by atoms with E-state index in [2.05, 4.69) is 0 Å². The number of rotatable bonds is 5. The van der Waals surface area contributed by atoms with E-state index in [9.17, 15) is 19.7 Å². The monoisotopic (exact) mass is 250 g/mol. The second-order valence-corrected chi connectivity index (χ2v) is 3.61. The topological polar surface area (TPSA) is 80.5 Å². The molecule has 1 amide bonds. The molecule has 0 fully saturated rings. The molecule has 0 radical (unpaired) electrons. The Morgan fingerprint density at radius 1 is 1.28 bits per heavy atom. The van der Waals surface area contributed by atoms with Crippen molar-refractivity contribution in [1.29, 1.82) is 0 Å². The lowest BCUT2D eigenvalue weighted by atomic mass is 10.1. The quantitative estimate of drug-likeness (QED) is 0.344. The fourth-order valence-electron chi connectivity index (χ4n) is 1.54. The van der Waals surface area contributed by atoms with Crippen LogP contribution in [0.4, 0.5) is 5.69 Å². The molecule has 0 aliphatic rings. The number of Topliss-reactive ketones (excluding diaryl/α,β-unsaturated/α-hetero) is 1. The van der Waals surface area contributed by atoms with Gasteiger partial charge in [-0.05, 0) is 13.8 Å². The Hall–Kier alpha value is -2.24. The summed E-state index contributed by atoms with van der Waals surface area (Å²) in [5.74, 6) is -1.36. The van der Waals surface area contributed by atoms with Gasteiger partial charge in [-0.3, -0.25) is 19.7 Å². The van der Waals surface area contributed by atoms with Crippen LogP contribution >= 0.6 is 0 Å². The summed E-state index contributed by atoms with van der Waals surface area (Å²) in [4.78, 5) is 35.0. The van der Waals surface area contributed by atoms with E-state index in [0.717, 1.165) is 6.07 Å². The highest BCUT2D eigenvalue weighted by atomic mass is 16.6. The Balaban J connectivity index is 3.00. The molecular weight excluding hydrogens is 236 g/mol. The highest BCUT2D eigenvalue weighted by Crippen LogP contribution is 2.14. The minimum Gasteiger partial charge on any atom is -0.336 e. The Kier molecular flexibility index (Phi) is 4.53. The summed E-state index contributed by atoms with van der Waals surface area (Å²) < 4.78 is 0. The fourth-order valence-corrected chi connectivity index (χ4v) is 1.54. The first-order chi connectivity index (χ1) is 8.51. The number of carbonyl (C=O) groups is 2. The normalized spacial score (nSPS) is 9.89. The minimum absolute atomic E-state index is 0.0427. The first kappa shape index (κ1) is 13.8. The number of nitrogens with zero attached hydrogens (tertiary/aromatic N) is 2. The van der Waals surface area contributed by atoms with E-state index in [1.54, 1.807) is 13.8 Å². The highest BCUT2D eigenvalue weighted by Gasteiger charge is 2.22. The Morgan fingerprint density at radius 2 is 1.89 bits per heavy atom. The summed E-state index contributed by atoms with van der Waals surface area (Å²) in [7, 11) is 0. The summed E-state index contributed by atoms with van der Waals surface area (Å²) >= 11 is 0. The molecule has 96 valence electrons. The van der Waals surface area contributed by atoms with Crippen LogP contribution in [0.15, 0.2) is 24.3 Å². The number of nitro groups is 1. The number of benzene rings is 1. The maximum Gasteiger partial charge on any atom is 0.294 e. The van der Waals surface area contributed by atoms with E-state index < -0.39 is 16.6 Å². The third-order valence-corrected chi connectivity index (χ3v) is 2.56. The summed E-state index contributed by atoms with van der Waals surface area (Å²) in [5.41, 5.74) is -0.158. The first-order valence-electron chi connectivity index (χ1n) is 5.59. The van der Waals surface area contributed by atoms with Crippen LogP contribution in [0.5, 0.6) is 0 Å². The summed E-state index contributed by atoms with van der Waals surface area (Å²) in [6.07, 6.45) is 0. The molecule has 6 nitrogen and oxygen atoms in total. The molecule has 0 atom stereocenters. The van der Waals surface area contributed by atoms with E-state index in [0.29, 0.717) is 13.1 Å². The van der Waals surface area contributed by atoms with Gasteiger partial charge in [0.2, 0.25) is 0 Å². The second kappa shape index (κ2) is 5.90. The van der Waals surface area contributed by atoms with Gasteiger partial charge in [-0.25, -0.2) is 0 Å². The van der Waals surface area contributed by atoms with Crippen LogP contribution in [0.25, 0.3) is 0 Å². The zero-order chi connectivity index (χ0) is 13.7. The molecule has 0 aliphatic heterocycles. The van der Waals surface area contributed by atoms with Gasteiger partial charge >= 0.3 is 0 Å². The molecule has 18 heavy (non-hydrogen) atoms. The minimum atomic E-state index is -0.720. The Labute approximate surface area is 104 Å². The van der Waals surface area contributed by atoms with Crippen LogP contribution in [0.3, 0.4) is 0 Å². The van der Waals surface area contributed by atoms with Crippen molar-refractivity contribution in [3.05, 3.63) is 39.9 Å². The predicted octanol–water partition coefficient (Wildman–Crippen LogP) is 1.65. The zero-order valence-corrected chi connectivity index (χ0v) is 10.3. The Morgan fingerprint density at radius 3 is 2.39 bits per heavy atom. The van der Waals surface area contributed by atoms with Gasteiger partial charge in [-0.2, -0.15) is 0 Å². The number of nitro benzene ring substituents is 1. The molecule has 6 heteroatoms. The van der Waals surface area contributed by atoms with Crippen molar-refractivity contribution < 1.29 is 14.5 Å². The molecule has 0 heterocycles. The van der Waals surface area contributed by atoms with Gasteiger partial charge in [0.1, 0.15) is 0 Å². The van der Waals surface area contributed by atoms with Gasteiger partial charge < -0.3 is 4.90 Å². The van der Waals surface area contributed by atoms with E-state index in [1.165, 1.54) is 23.1 Å². The SMILES string of the molecule is CCN(CC)C(=O)C(=O)c1cccc([N+](=O)[O-])c1. The van der Waals surface area contributed by atoms with Gasteiger partial charge in [0, 0.05) is 30.8 Å². The summed E-state index contributed by atoms with van der Waals surface area (Å²) in [5, 5.41) is 10.6. The molecular formula is C12H14N2O4. The molecule has 1 rings (SSSR count). The standard InChI is InChI=1S/C12H14N2O4/c1-3-13(4-2)12(16)11(15)9-6-5-7-10(8-9)14(17)18/h5-8H,3-4H2,1-2H3. The number of likely N-dealkylation sites (N-methyl/N-ethyl adjacent to an activating group) is 1. The van der Waals surface area contributed by atoms with Crippen LogP contribution in [0.1, 0.15) is 24.2 Å². The van der Waals surface area contributed by atoms with Crippen molar-refractivity contribution in [2.75, 3.05) is 13.1 Å². The molecule has 0 saturated heterocycles. The largest absolute Gasteiger partial charge is 0.336 e. The lowest BCUT2D eigenvalue weighted by Gasteiger charge is -2.17. The van der Waals surface area contributed by atoms with E-state index in [-0.39, 0.29) is 11.3 Å². The number of ketones is 1. The average Bonchev–Trinajstić information content (AvgIpc) is 2.39. The van der Waals surface area contributed by atoms with E-state index in [1.807, 2.05) is 0 Å². The van der Waals surface area contributed by atoms with Gasteiger partial charge in [-0.1, -0.05) is 12.1 Å². The molecule has 1 aromatic carbocycles. The smallest absolute Gasteiger partial charge is 0.294 e. The molecule has 0 aliphatic carbocycles. The van der Waals surface area contributed by atoms with Crippen LogP contribution in [-0.2, 0) is 4.79 Å². The fraction of sp³-hybridized carbons (Fsp3) is 0.333. The second-order valence-electron chi connectivity index (χ2n) is 3.61. The highest BCUT2D eigenvalue weighted by molar-refractivity contribution is 6.42. The van der Waals surface area contributed by atoms with Gasteiger partial charge in [0.25, 0.3) is 17.4 Å². The zero-order valence-electron chi connectivity index (χ0n) is 10.3. The number of amides is 1. The molecule has 0 N–H and O–H groups in total. The van der Waals surface area contributed by atoms with Gasteiger partial charge in [-0.15, -0.1) is 0 Å². The maximum atomic E-state index is 11.9. The summed E-state index contributed by atoms with van der Waals surface area (Å²) in [6.45, 7) is 4.39. The van der Waals surface area contributed by atoms with Gasteiger partial charge in [0.05, 0.1) is 4.92 Å². The lowest BCUT2D eigenvalue weighted by Crippen LogP contribution is -2.36. The number of hydrogen-bond donors (Lipinski definition) is 0. The predicted molar refractivity (Wildman–Crippen MR) is 65.4 cm³/mol. The van der Waals surface area contributed by atoms with Crippen LogP contribution in [-0.4, -0.2) is 34.6 Å². The molecule has 0 saturated carbocycles. The number of non-ortho nitro benzene ring substituents is 1. The molecule has 0 aromatic heterocycles. The molecule has 1 aromatic rings. The van der Waals surface area contributed by atoms with Crippen molar-refractivity contribution in [2.24, 2.45) is 0 Å². The van der Waals surface area contributed by atoms with Gasteiger partial charge in [0.15, 0.2) is 0 Å². The van der Waals surface area contributed by atoms with Crippen molar-refractivity contribution in [3.63, 3.8) is 0 Å².